The molecule has 0 bridgehead atoms. The van der Waals surface area contributed by atoms with E-state index in [0.717, 1.165) is 50.6 Å². The molecule has 12 aromatic carbocycles. The van der Waals surface area contributed by atoms with Crippen molar-refractivity contribution in [2.45, 2.75) is 11.8 Å². The average Bonchev–Trinajstić information content (AvgIpc) is 4.03. The zero-order valence-electron chi connectivity index (χ0n) is 42.3. The van der Waals surface area contributed by atoms with Gasteiger partial charge in [-0.1, -0.05) is 255 Å². The van der Waals surface area contributed by atoms with Crippen LogP contribution in [0.1, 0.15) is 45.2 Å². The first-order valence-corrected chi connectivity index (χ1v) is 26.8. The second kappa shape index (κ2) is 18.6. The Balaban J connectivity index is 0.870. The number of rotatable bonds is 9. The van der Waals surface area contributed by atoms with E-state index in [1.54, 1.807) is 0 Å². The van der Waals surface area contributed by atoms with E-state index < -0.39 is 0 Å². The zero-order chi connectivity index (χ0) is 50.8. The van der Waals surface area contributed by atoms with Gasteiger partial charge < -0.3 is 9.64 Å². The van der Waals surface area contributed by atoms with E-state index in [-0.39, 0.29) is 18.5 Å². The van der Waals surface area contributed by atoms with Crippen molar-refractivity contribution < 1.29 is 4.74 Å². The van der Waals surface area contributed by atoms with Gasteiger partial charge in [0.1, 0.15) is 11.5 Å². The smallest absolute Gasteiger partial charge is 0.256 e. The Kier molecular flexibility index (Phi) is 10.8. The second-order valence-corrected chi connectivity index (χ2v) is 20.7. The molecule has 0 spiro atoms. The molecule has 1 aliphatic carbocycles. The van der Waals surface area contributed by atoms with E-state index in [1.807, 2.05) is 0 Å². The van der Waals surface area contributed by atoms with Crippen LogP contribution in [0.15, 0.2) is 291 Å². The Morgan fingerprint density at radius 1 is 0.338 bits per heavy atom. The molecule has 0 N–H and O–H groups in total. The Labute approximate surface area is 450 Å². The van der Waals surface area contributed by atoms with Gasteiger partial charge >= 0.3 is 0 Å². The van der Waals surface area contributed by atoms with Crippen LogP contribution in [0.4, 0.5) is 17.1 Å². The maximum atomic E-state index is 7.30. The van der Waals surface area contributed by atoms with Crippen molar-refractivity contribution in [3.63, 3.8) is 0 Å². The molecule has 15 rings (SSSR count). The molecular weight excluding hydrogens is 930 g/mol. The normalized spacial score (nSPS) is 12.8. The lowest BCUT2D eigenvalue weighted by Crippen LogP contribution is -2.59. The van der Waals surface area contributed by atoms with Crippen LogP contribution in [0, 0.1) is 0 Å². The van der Waals surface area contributed by atoms with Gasteiger partial charge in [0, 0.05) is 28.9 Å². The van der Waals surface area contributed by atoms with Crippen molar-refractivity contribution in [3.05, 3.63) is 325 Å². The van der Waals surface area contributed by atoms with Crippen LogP contribution in [-0.4, -0.2) is 6.71 Å². The number of hydrogen-bond acceptors (Lipinski definition) is 2. The number of nitrogens with zero attached hydrogens (tertiary/aromatic N) is 1. The first-order chi connectivity index (χ1) is 38.2. The van der Waals surface area contributed by atoms with E-state index in [9.17, 15) is 0 Å². The highest BCUT2D eigenvalue weighted by atomic mass is 16.5. The third-order valence-corrected chi connectivity index (χ3v) is 16.4. The lowest BCUT2D eigenvalue weighted by atomic mass is 9.34. The number of hydrogen-bond donors (Lipinski definition) is 0. The van der Waals surface area contributed by atoms with Gasteiger partial charge in [-0.15, -0.1) is 0 Å². The number of ether oxygens (including phenoxy) is 1. The predicted octanol–water partition coefficient (Wildman–Crippen LogP) is 17.1. The summed E-state index contributed by atoms with van der Waals surface area (Å²) in [7, 11) is 0. The summed E-state index contributed by atoms with van der Waals surface area (Å²) in [4.78, 5) is 2.51. The average molecular weight is 980 g/mol. The van der Waals surface area contributed by atoms with E-state index in [0.29, 0.717) is 0 Å². The molecule has 360 valence electrons. The summed E-state index contributed by atoms with van der Waals surface area (Å²) < 4.78 is 7.30. The van der Waals surface area contributed by atoms with E-state index in [4.69, 9.17) is 4.74 Å². The molecule has 0 saturated heterocycles. The molecule has 0 fully saturated rings. The van der Waals surface area contributed by atoms with Crippen LogP contribution in [0.2, 0.25) is 0 Å². The maximum Gasteiger partial charge on any atom is 0.256 e. The molecule has 0 unspecified atom stereocenters. The molecule has 0 radical (unpaired) electrons. The molecule has 12 aromatic rings. The first kappa shape index (κ1) is 44.8. The van der Waals surface area contributed by atoms with Crippen molar-refractivity contribution in [3.8, 4) is 67.1 Å². The first-order valence-electron chi connectivity index (χ1n) is 26.8. The Morgan fingerprint density at radius 2 is 0.818 bits per heavy atom. The van der Waals surface area contributed by atoms with Gasteiger partial charge in [0.25, 0.3) is 6.71 Å². The minimum atomic E-state index is -0.0734. The molecule has 0 amide bonds. The molecule has 0 atom stereocenters. The molecule has 2 heterocycles. The van der Waals surface area contributed by atoms with Gasteiger partial charge in [-0.3, -0.25) is 0 Å². The fourth-order valence-corrected chi connectivity index (χ4v) is 12.8. The van der Waals surface area contributed by atoms with E-state index >= 15 is 0 Å². The molecule has 3 heteroatoms. The maximum absolute atomic E-state index is 7.30. The summed E-state index contributed by atoms with van der Waals surface area (Å²) in [5.74, 6) is 1.96. The van der Waals surface area contributed by atoms with Gasteiger partial charge in [0.2, 0.25) is 0 Å². The molecule has 3 aliphatic rings. The lowest BCUT2D eigenvalue weighted by Gasteiger charge is -2.41. The zero-order valence-corrected chi connectivity index (χ0v) is 42.3. The van der Waals surface area contributed by atoms with Crippen molar-refractivity contribution in [1.82, 2.24) is 0 Å². The number of anilines is 3. The third-order valence-electron chi connectivity index (χ3n) is 16.4. The van der Waals surface area contributed by atoms with Crippen LogP contribution < -0.4 is 26.0 Å². The SMILES string of the molecule is c1ccc(-c2ccc(N3c4cc(C5c6ccccc6-c6ccccc65)ccc4B4c5ccc(-c6ccc(-c7ccccc7C(c7ccccc7)c7ccccc7)cc6)cc5Oc5cc(-c6ccccc6)cc3c54)cc2)cc1. The van der Waals surface area contributed by atoms with Gasteiger partial charge in [-0.2, -0.15) is 0 Å². The summed E-state index contributed by atoms with van der Waals surface area (Å²) in [5.41, 5.74) is 26.8. The fourth-order valence-electron chi connectivity index (χ4n) is 12.8. The second-order valence-electron chi connectivity index (χ2n) is 20.7. The topological polar surface area (TPSA) is 12.5 Å². The molecule has 0 aromatic heterocycles. The summed E-state index contributed by atoms with van der Waals surface area (Å²) in [5, 5.41) is 0. The highest BCUT2D eigenvalue weighted by molar-refractivity contribution is 6.99. The van der Waals surface area contributed by atoms with E-state index in [2.05, 4.69) is 296 Å². The summed E-state index contributed by atoms with van der Waals surface area (Å²) in [6, 6.07) is 107. The monoisotopic (exact) mass is 979 g/mol. The quantitative estimate of drug-likeness (QED) is 0.106. The van der Waals surface area contributed by atoms with Crippen LogP contribution in [0.5, 0.6) is 11.5 Å². The van der Waals surface area contributed by atoms with Crippen LogP contribution >= 0.6 is 0 Å². The Morgan fingerprint density at radius 3 is 1.47 bits per heavy atom. The largest absolute Gasteiger partial charge is 0.458 e. The summed E-state index contributed by atoms with van der Waals surface area (Å²) in [6.07, 6.45) is 0. The van der Waals surface area contributed by atoms with Crippen LogP contribution in [0.3, 0.4) is 0 Å². The molecule has 0 saturated carbocycles. The Hall–Kier alpha value is -9.70. The lowest BCUT2D eigenvalue weighted by molar-refractivity contribution is 0.488. The minimum Gasteiger partial charge on any atom is -0.458 e. The third kappa shape index (κ3) is 7.65. The van der Waals surface area contributed by atoms with E-state index in [1.165, 1.54) is 83.4 Å². The van der Waals surface area contributed by atoms with Crippen molar-refractivity contribution in [2.75, 3.05) is 4.90 Å². The summed E-state index contributed by atoms with van der Waals surface area (Å²) in [6.45, 7) is -0.0734. The molecule has 2 nitrogen and oxygen atoms in total. The standard InChI is InChI=1S/C74H50BNO/c1-5-19-49(20-6-1)51-37-41-59(42-38-51)76-68-45-57(73-64-31-17-14-28-61(64)62-29-15-18-32-65(62)73)40-43-66(68)75-67-44-39-56(47-70(67)77-71-48-58(46-69(76)74(71)75)50-21-7-2-8-22-50)52-33-35-53(36-34-52)60-27-13-16-30-63(60)72(54-23-9-3-10-24-54)55-25-11-4-12-26-55/h1-48,72-73H. The van der Waals surface area contributed by atoms with Gasteiger partial charge in [-0.05, 0) is 142 Å². The van der Waals surface area contributed by atoms with Gasteiger partial charge in [0.05, 0.1) is 0 Å². The van der Waals surface area contributed by atoms with Crippen LogP contribution in [0.25, 0.3) is 55.6 Å². The van der Waals surface area contributed by atoms with Crippen molar-refractivity contribution >= 4 is 40.2 Å². The highest BCUT2D eigenvalue weighted by Crippen LogP contribution is 2.50. The molecular formula is C74H50BNO. The fraction of sp³-hybridized carbons (Fsp3) is 0.0270. The number of fused-ring (bicyclic) bond motifs is 7. The number of benzene rings is 12. The highest BCUT2D eigenvalue weighted by Gasteiger charge is 2.43. The van der Waals surface area contributed by atoms with Gasteiger partial charge in [-0.25, -0.2) is 0 Å². The Bertz CT molecular complexity index is 4090. The van der Waals surface area contributed by atoms with Crippen LogP contribution in [-0.2, 0) is 0 Å². The van der Waals surface area contributed by atoms with Crippen molar-refractivity contribution in [1.29, 1.82) is 0 Å². The minimum absolute atomic E-state index is 0.0734. The molecule has 77 heavy (non-hydrogen) atoms. The van der Waals surface area contributed by atoms with Crippen molar-refractivity contribution in [2.24, 2.45) is 0 Å². The predicted molar refractivity (Wildman–Crippen MR) is 321 cm³/mol. The molecule has 2 aliphatic heterocycles. The van der Waals surface area contributed by atoms with Gasteiger partial charge in [0.15, 0.2) is 0 Å². The summed E-state index contributed by atoms with van der Waals surface area (Å²) >= 11 is 0.